The summed E-state index contributed by atoms with van der Waals surface area (Å²) in [6, 6.07) is 9.89. The number of piperidine rings is 1. The maximum Gasteiger partial charge on any atom is 0.211 e. The average Bonchev–Trinajstić information content (AvgIpc) is 2.94. The van der Waals surface area contributed by atoms with Crippen molar-refractivity contribution in [2.24, 2.45) is 0 Å². The van der Waals surface area contributed by atoms with Crippen molar-refractivity contribution in [3.05, 3.63) is 46.7 Å². The maximum atomic E-state index is 11.5. The van der Waals surface area contributed by atoms with Gasteiger partial charge in [0.1, 0.15) is 5.69 Å². The molecule has 0 bridgehead atoms. The van der Waals surface area contributed by atoms with E-state index in [4.69, 9.17) is 4.74 Å². The highest BCUT2D eigenvalue weighted by molar-refractivity contribution is 9.10. The van der Waals surface area contributed by atoms with Crippen LogP contribution in [-0.2, 0) is 21.4 Å². The monoisotopic (exact) mass is 413 g/mol. The number of hydrogen-bond donors (Lipinski definition) is 0. The van der Waals surface area contributed by atoms with Gasteiger partial charge in [0.25, 0.3) is 0 Å². The molecule has 1 aliphatic heterocycles. The van der Waals surface area contributed by atoms with Crippen molar-refractivity contribution in [2.75, 3.05) is 19.3 Å². The number of halogens is 1. The van der Waals surface area contributed by atoms with Crippen molar-refractivity contribution in [1.82, 2.24) is 14.1 Å². The Morgan fingerprint density at radius 2 is 1.92 bits per heavy atom. The van der Waals surface area contributed by atoms with E-state index in [2.05, 4.69) is 21.0 Å². The van der Waals surface area contributed by atoms with E-state index < -0.39 is 10.0 Å². The zero-order chi connectivity index (χ0) is 17.2. The van der Waals surface area contributed by atoms with Gasteiger partial charge < -0.3 is 4.74 Å². The Morgan fingerprint density at radius 3 is 2.54 bits per heavy atom. The second kappa shape index (κ2) is 7.35. The first kappa shape index (κ1) is 17.6. The van der Waals surface area contributed by atoms with Gasteiger partial charge in [-0.05, 0) is 40.9 Å². The zero-order valence-electron chi connectivity index (χ0n) is 13.4. The summed E-state index contributed by atoms with van der Waals surface area (Å²) in [5.74, 6) is 0. The van der Waals surface area contributed by atoms with Gasteiger partial charge in [-0.25, -0.2) is 17.4 Å². The number of para-hydroxylation sites is 1. The van der Waals surface area contributed by atoms with Crippen LogP contribution < -0.4 is 0 Å². The Bertz CT molecular complexity index is 784. The standard InChI is InChI=1S/C16H20BrN3O3S/c1-24(21,22)19-9-7-14(8-10-19)23-12-16-15(17)11-20(18-16)13-5-3-2-4-6-13/h2-6,11,14H,7-10,12H2,1H3. The Labute approximate surface area is 150 Å². The van der Waals surface area contributed by atoms with Gasteiger partial charge in [-0.2, -0.15) is 5.10 Å². The first-order valence-electron chi connectivity index (χ1n) is 7.79. The summed E-state index contributed by atoms with van der Waals surface area (Å²) in [7, 11) is -3.10. The molecule has 6 nitrogen and oxygen atoms in total. The lowest BCUT2D eigenvalue weighted by Gasteiger charge is -2.29. The van der Waals surface area contributed by atoms with Gasteiger partial charge in [0, 0.05) is 19.3 Å². The molecule has 1 aromatic carbocycles. The maximum absolute atomic E-state index is 11.5. The fourth-order valence-corrected chi connectivity index (χ4v) is 3.99. The summed E-state index contributed by atoms with van der Waals surface area (Å²) in [6.45, 7) is 1.44. The lowest BCUT2D eigenvalue weighted by molar-refractivity contribution is 0.00843. The summed E-state index contributed by atoms with van der Waals surface area (Å²) in [4.78, 5) is 0. The molecule has 0 aliphatic carbocycles. The van der Waals surface area contributed by atoms with Crippen LogP contribution >= 0.6 is 15.9 Å². The van der Waals surface area contributed by atoms with Crippen LogP contribution in [0.2, 0.25) is 0 Å². The minimum Gasteiger partial charge on any atom is -0.372 e. The highest BCUT2D eigenvalue weighted by Gasteiger charge is 2.25. The molecule has 0 unspecified atom stereocenters. The smallest absolute Gasteiger partial charge is 0.211 e. The van der Waals surface area contributed by atoms with Gasteiger partial charge in [0.15, 0.2) is 0 Å². The summed E-state index contributed by atoms with van der Waals surface area (Å²) in [5.41, 5.74) is 1.83. The Kier molecular flexibility index (Phi) is 5.39. The third-order valence-electron chi connectivity index (χ3n) is 4.09. The highest BCUT2D eigenvalue weighted by atomic mass is 79.9. The van der Waals surface area contributed by atoms with Crippen LogP contribution in [0.4, 0.5) is 0 Å². The van der Waals surface area contributed by atoms with E-state index in [1.54, 1.807) is 0 Å². The fourth-order valence-electron chi connectivity index (χ4n) is 2.73. The van der Waals surface area contributed by atoms with Crippen LogP contribution in [0.25, 0.3) is 5.69 Å². The van der Waals surface area contributed by atoms with Gasteiger partial charge in [-0.15, -0.1) is 0 Å². The summed E-state index contributed by atoms with van der Waals surface area (Å²) < 4.78 is 33.2. The fraction of sp³-hybridized carbons (Fsp3) is 0.438. The number of sulfonamides is 1. The normalized spacial score (nSPS) is 17.2. The molecule has 2 heterocycles. The van der Waals surface area contributed by atoms with E-state index >= 15 is 0 Å². The van der Waals surface area contributed by atoms with Crippen molar-refractivity contribution in [3.8, 4) is 5.69 Å². The highest BCUT2D eigenvalue weighted by Crippen LogP contribution is 2.22. The molecule has 24 heavy (non-hydrogen) atoms. The third-order valence-corrected chi connectivity index (χ3v) is 6.05. The van der Waals surface area contributed by atoms with E-state index in [0.717, 1.165) is 15.9 Å². The first-order chi connectivity index (χ1) is 11.4. The van der Waals surface area contributed by atoms with Crippen molar-refractivity contribution < 1.29 is 13.2 Å². The molecule has 0 amide bonds. The number of nitrogens with zero attached hydrogens (tertiary/aromatic N) is 3. The van der Waals surface area contributed by atoms with E-state index in [1.165, 1.54) is 10.6 Å². The second-order valence-corrected chi connectivity index (χ2v) is 8.71. The first-order valence-corrected chi connectivity index (χ1v) is 10.4. The van der Waals surface area contributed by atoms with Gasteiger partial charge in [-0.3, -0.25) is 0 Å². The molecular weight excluding hydrogens is 394 g/mol. The predicted octanol–water partition coefficient (Wildman–Crippen LogP) is 2.58. The quantitative estimate of drug-likeness (QED) is 0.755. The third kappa shape index (κ3) is 4.24. The Morgan fingerprint density at radius 1 is 1.25 bits per heavy atom. The molecular formula is C16H20BrN3O3S. The lowest BCUT2D eigenvalue weighted by atomic mass is 10.1. The zero-order valence-corrected chi connectivity index (χ0v) is 15.8. The average molecular weight is 414 g/mol. The molecule has 2 aromatic rings. The van der Waals surface area contributed by atoms with Crippen LogP contribution in [0.15, 0.2) is 41.0 Å². The molecule has 130 valence electrons. The molecule has 0 saturated carbocycles. The number of ether oxygens (including phenoxy) is 1. The number of benzene rings is 1. The van der Waals surface area contributed by atoms with Crippen LogP contribution in [-0.4, -0.2) is 48.0 Å². The Balaban J connectivity index is 1.57. The van der Waals surface area contributed by atoms with E-state index in [-0.39, 0.29) is 6.10 Å². The molecule has 3 rings (SSSR count). The summed E-state index contributed by atoms with van der Waals surface area (Å²) >= 11 is 3.52. The van der Waals surface area contributed by atoms with Crippen LogP contribution in [0.1, 0.15) is 18.5 Å². The molecule has 1 saturated heterocycles. The molecule has 0 atom stereocenters. The minimum absolute atomic E-state index is 0.0665. The molecule has 1 aliphatic rings. The molecule has 1 aromatic heterocycles. The molecule has 0 spiro atoms. The molecule has 8 heteroatoms. The van der Waals surface area contributed by atoms with Gasteiger partial charge in [0.2, 0.25) is 10.0 Å². The lowest BCUT2D eigenvalue weighted by Crippen LogP contribution is -2.40. The second-order valence-electron chi connectivity index (χ2n) is 5.88. The van der Waals surface area contributed by atoms with Crippen molar-refractivity contribution in [2.45, 2.75) is 25.6 Å². The topological polar surface area (TPSA) is 64.4 Å². The van der Waals surface area contributed by atoms with E-state index in [1.807, 2.05) is 41.2 Å². The summed E-state index contributed by atoms with van der Waals surface area (Å²) in [6.07, 6.45) is 4.66. The SMILES string of the molecule is CS(=O)(=O)N1CCC(OCc2nn(-c3ccccc3)cc2Br)CC1. The minimum atomic E-state index is -3.10. The number of hydrogen-bond acceptors (Lipinski definition) is 4. The van der Waals surface area contributed by atoms with Crippen LogP contribution in [0, 0.1) is 0 Å². The number of rotatable bonds is 5. The van der Waals surface area contributed by atoms with Crippen molar-refractivity contribution in [3.63, 3.8) is 0 Å². The molecule has 1 fully saturated rings. The summed E-state index contributed by atoms with van der Waals surface area (Å²) in [5, 5.41) is 4.56. The van der Waals surface area contributed by atoms with Crippen LogP contribution in [0.5, 0.6) is 0 Å². The molecule has 0 N–H and O–H groups in total. The van der Waals surface area contributed by atoms with E-state index in [9.17, 15) is 8.42 Å². The largest absolute Gasteiger partial charge is 0.372 e. The predicted molar refractivity (Wildman–Crippen MR) is 95.5 cm³/mol. The van der Waals surface area contributed by atoms with Gasteiger partial charge in [0.05, 0.1) is 29.1 Å². The van der Waals surface area contributed by atoms with Crippen LogP contribution in [0.3, 0.4) is 0 Å². The molecule has 0 radical (unpaired) electrons. The van der Waals surface area contributed by atoms with Gasteiger partial charge in [-0.1, -0.05) is 18.2 Å². The Hall–Kier alpha value is -1.22. The van der Waals surface area contributed by atoms with Crippen molar-refractivity contribution >= 4 is 26.0 Å². The van der Waals surface area contributed by atoms with E-state index in [0.29, 0.717) is 32.5 Å². The van der Waals surface area contributed by atoms with Crippen molar-refractivity contribution in [1.29, 1.82) is 0 Å². The van der Waals surface area contributed by atoms with Gasteiger partial charge >= 0.3 is 0 Å². The number of aromatic nitrogens is 2.